The second-order valence-electron chi connectivity index (χ2n) is 5.91. The summed E-state index contributed by atoms with van der Waals surface area (Å²) in [5, 5.41) is 18.3. The third-order valence-electron chi connectivity index (χ3n) is 3.79. The van der Waals surface area contributed by atoms with Crippen molar-refractivity contribution in [2.75, 3.05) is 6.61 Å². The first kappa shape index (κ1) is 20.5. The van der Waals surface area contributed by atoms with E-state index in [-0.39, 0.29) is 24.1 Å². The molecule has 0 saturated heterocycles. The molecule has 0 amide bonds. The fraction of sp³-hybridized carbons (Fsp3) is 0.0952. The van der Waals surface area contributed by atoms with Gasteiger partial charge < -0.3 is 13.9 Å². The van der Waals surface area contributed by atoms with E-state index in [0.29, 0.717) is 17.9 Å². The van der Waals surface area contributed by atoms with Crippen molar-refractivity contribution in [1.82, 2.24) is 10.2 Å². The highest BCUT2D eigenvalue weighted by atomic mass is 16.6. The number of aromatic nitrogens is 2. The number of nitro benzene ring substituents is 1. The lowest BCUT2D eigenvalue weighted by Crippen LogP contribution is -2.00. The van der Waals surface area contributed by atoms with Crippen LogP contribution in [0.15, 0.2) is 71.7 Å². The summed E-state index contributed by atoms with van der Waals surface area (Å²) in [6.07, 6.45) is 4.55. The minimum absolute atomic E-state index is 0.0434. The predicted octanol–water partition coefficient (Wildman–Crippen LogP) is 3.97. The molecule has 0 aliphatic rings. The molecular weight excluding hydrogens is 390 g/mol. The number of rotatable bonds is 9. The lowest BCUT2D eigenvalue weighted by molar-refractivity contribution is -0.384. The summed E-state index contributed by atoms with van der Waals surface area (Å²) in [6.45, 7) is 3.80. The van der Waals surface area contributed by atoms with Crippen LogP contribution in [0.1, 0.15) is 11.5 Å². The van der Waals surface area contributed by atoms with Gasteiger partial charge in [0.15, 0.2) is 6.61 Å². The van der Waals surface area contributed by atoms with Gasteiger partial charge in [-0.05, 0) is 35.9 Å². The van der Waals surface area contributed by atoms with Crippen molar-refractivity contribution < 1.29 is 23.6 Å². The molecule has 0 fully saturated rings. The van der Waals surface area contributed by atoms with Crippen molar-refractivity contribution in [2.45, 2.75) is 6.61 Å². The molecule has 1 aromatic heterocycles. The van der Waals surface area contributed by atoms with E-state index in [1.54, 1.807) is 36.4 Å². The van der Waals surface area contributed by atoms with E-state index in [9.17, 15) is 14.9 Å². The Kier molecular flexibility index (Phi) is 6.67. The molecule has 0 atom stereocenters. The van der Waals surface area contributed by atoms with E-state index in [0.717, 1.165) is 5.56 Å². The summed E-state index contributed by atoms with van der Waals surface area (Å²) in [7, 11) is 0. The maximum atomic E-state index is 11.9. The van der Waals surface area contributed by atoms with E-state index in [4.69, 9.17) is 13.9 Å². The Morgan fingerprint density at radius 3 is 2.53 bits per heavy atom. The largest absolute Gasteiger partial charge is 0.490 e. The second kappa shape index (κ2) is 9.78. The van der Waals surface area contributed by atoms with Gasteiger partial charge in [-0.2, -0.15) is 0 Å². The van der Waals surface area contributed by atoms with Crippen molar-refractivity contribution in [3.05, 3.63) is 88.8 Å². The normalized spacial score (nSPS) is 10.7. The molecule has 0 saturated carbocycles. The van der Waals surface area contributed by atoms with Gasteiger partial charge in [-0.25, -0.2) is 4.79 Å². The van der Waals surface area contributed by atoms with Crippen molar-refractivity contribution in [3.8, 4) is 17.2 Å². The Morgan fingerprint density at radius 1 is 1.13 bits per heavy atom. The van der Waals surface area contributed by atoms with Crippen LogP contribution in [0.4, 0.5) is 5.69 Å². The molecule has 152 valence electrons. The molecule has 9 nitrogen and oxygen atoms in total. The quantitative estimate of drug-likeness (QED) is 0.172. The average molecular weight is 407 g/mol. The molecule has 3 rings (SSSR count). The molecule has 0 N–H and O–H groups in total. The zero-order chi connectivity index (χ0) is 21.3. The number of ether oxygens (including phenoxy) is 2. The van der Waals surface area contributed by atoms with E-state index in [2.05, 4.69) is 16.8 Å². The number of carbonyl (C=O) groups is 1. The Balaban J connectivity index is 1.52. The first-order chi connectivity index (χ1) is 14.5. The minimum Gasteiger partial charge on any atom is -0.490 e. The van der Waals surface area contributed by atoms with Crippen LogP contribution in [0.5, 0.6) is 5.75 Å². The van der Waals surface area contributed by atoms with Gasteiger partial charge >= 0.3 is 5.97 Å². The maximum absolute atomic E-state index is 11.9. The number of hydrogen-bond acceptors (Lipinski definition) is 8. The van der Waals surface area contributed by atoms with Crippen LogP contribution in [0, 0.1) is 10.1 Å². The fourth-order valence-electron chi connectivity index (χ4n) is 2.33. The van der Waals surface area contributed by atoms with Crippen molar-refractivity contribution in [2.24, 2.45) is 0 Å². The van der Waals surface area contributed by atoms with Crippen LogP contribution in [0.2, 0.25) is 0 Å². The number of non-ortho nitro benzene ring substituents is 1. The van der Waals surface area contributed by atoms with Gasteiger partial charge in [0.25, 0.3) is 11.6 Å². The fourth-order valence-corrected chi connectivity index (χ4v) is 2.33. The van der Waals surface area contributed by atoms with E-state index >= 15 is 0 Å². The highest BCUT2D eigenvalue weighted by molar-refractivity contribution is 5.87. The van der Waals surface area contributed by atoms with Crippen LogP contribution >= 0.6 is 0 Å². The molecule has 0 spiro atoms. The number of esters is 1. The minimum atomic E-state index is -0.572. The Labute approximate surface area is 171 Å². The van der Waals surface area contributed by atoms with E-state index in [1.807, 2.05) is 0 Å². The number of nitro groups is 1. The molecule has 0 aliphatic heterocycles. The van der Waals surface area contributed by atoms with Gasteiger partial charge in [-0.3, -0.25) is 10.1 Å². The predicted molar refractivity (Wildman–Crippen MR) is 107 cm³/mol. The van der Waals surface area contributed by atoms with Crippen LogP contribution in [0.25, 0.3) is 17.5 Å². The summed E-state index contributed by atoms with van der Waals surface area (Å²) in [5.74, 6) is 0.408. The molecule has 30 heavy (non-hydrogen) atoms. The topological polar surface area (TPSA) is 118 Å². The highest BCUT2D eigenvalue weighted by Gasteiger charge is 2.12. The van der Waals surface area contributed by atoms with Crippen molar-refractivity contribution >= 4 is 17.7 Å². The van der Waals surface area contributed by atoms with Gasteiger partial charge in [0, 0.05) is 23.8 Å². The number of hydrogen-bond donors (Lipinski definition) is 0. The Morgan fingerprint density at radius 2 is 1.87 bits per heavy atom. The Hall–Kier alpha value is -4.27. The standard InChI is InChI=1S/C21H17N3O6/c1-2-13-28-18-10-3-15(4-11-18)5-12-20(25)29-14-19-22-23-21(30-19)16-6-8-17(9-7-16)24(26)27/h2-12H,1,13-14H2/b12-5+. The number of carbonyl (C=O) groups excluding carboxylic acids is 1. The van der Waals surface area contributed by atoms with Crippen molar-refractivity contribution in [3.63, 3.8) is 0 Å². The van der Waals surface area contributed by atoms with Gasteiger partial charge in [0.1, 0.15) is 12.4 Å². The summed E-state index contributed by atoms with van der Waals surface area (Å²) < 4.78 is 15.9. The van der Waals surface area contributed by atoms with Gasteiger partial charge in [0.05, 0.1) is 4.92 Å². The van der Waals surface area contributed by atoms with Crippen LogP contribution in [0.3, 0.4) is 0 Å². The summed E-state index contributed by atoms with van der Waals surface area (Å²) >= 11 is 0. The van der Waals surface area contributed by atoms with Gasteiger partial charge in [-0.1, -0.05) is 24.8 Å². The SMILES string of the molecule is C=CCOc1ccc(/C=C/C(=O)OCc2nnc(-c3ccc([N+](=O)[O-])cc3)o2)cc1. The molecule has 1 heterocycles. The molecule has 0 bridgehead atoms. The highest BCUT2D eigenvalue weighted by Crippen LogP contribution is 2.21. The molecule has 0 radical (unpaired) electrons. The summed E-state index contributed by atoms with van der Waals surface area (Å²) in [6, 6.07) is 12.8. The average Bonchev–Trinajstić information content (AvgIpc) is 3.24. The van der Waals surface area contributed by atoms with Gasteiger partial charge in [-0.15, -0.1) is 10.2 Å². The smallest absolute Gasteiger partial charge is 0.331 e. The molecule has 2 aromatic carbocycles. The van der Waals surface area contributed by atoms with Crippen LogP contribution < -0.4 is 4.74 Å². The number of benzene rings is 2. The van der Waals surface area contributed by atoms with Crippen molar-refractivity contribution in [1.29, 1.82) is 0 Å². The third-order valence-corrected chi connectivity index (χ3v) is 3.79. The zero-order valence-electron chi connectivity index (χ0n) is 15.8. The zero-order valence-corrected chi connectivity index (χ0v) is 15.8. The molecule has 3 aromatic rings. The van der Waals surface area contributed by atoms with Crippen LogP contribution in [-0.2, 0) is 16.1 Å². The monoisotopic (exact) mass is 407 g/mol. The molecule has 9 heteroatoms. The third kappa shape index (κ3) is 5.61. The summed E-state index contributed by atoms with van der Waals surface area (Å²) in [5.41, 5.74) is 1.28. The first-order valence-electron chi connectivity index (χ1n) is 8.81. The molecule has 0 aliphatic carbocycles. The second-order valence-corrected chi connectivity index (χ2v) is 5.91. The van der Waals surface area contributed by atoms with Gasteiger partial charge in [0.2, 0.25) is 5.89 Å². The maximum Gasteiger partial charge on any atom is 0.331 e. The lowest BCUT2D eigenvalue weighted by Gasteiger charge is -2.02. The lowest BCUT2D eigenvalue weighted by atomic mass is 10.2. The van der Waals surface area contributed by atoms with E-state index in [1.165, 1.54) is 30.3 Å². The molecule has 0 unspecified atom stereocenters. The van der Waals surface area contributed by atoms with Crippen LogP contribution in [-0.4, -0.2) is 27.7 Å². The Bertz CT molecular complexity index is 1060. The van der Waals surface area contributed by atoms with E-state index < -0.39 is 10.9 Å². The number of nitrogens with zero attached hydrogens (tertiary/aromatic N) is 3. The summed E-state index contributed by atoms with van der Waals surface area (Å²) in [4.78, 5) is 22.1. The molecular formula is C21H17N3O6. The first-order valence-corrected chi connectivity index (χ1v) is 8.81.